The summed E-state index contributed by atoms with van der Waals surface area (Å²) in [5, 5.41) is 13.4. The number of aliphatic hydroxyl groups excluding tert-OH is 1. The number of alkyl halides is 3. The number of hydrogen-bond acceptors (Lipinski definition) is 7. The van der Waals surface area contributed by atoms with E-state index in [9.17, 15) is 27.6 Å². The molecule has 2 aromatic heterocycles. The van der Waals surface area contributed by atoms with Crippen molar-refractivity contribution in [1.29, 1.82) is 0 Å². The highest BCUT2D eigenvalue weighted by atomic mass is 31.2. The van der Waals surface area contributed by atoms with Gasteiger partial charge in [-0.1, -0.05) is 12.1 Å². The predicted octanol–water partition coefficient (Wildman–Crippen LogP) is 4.04. The number of hydrogen-bond donors (Lipinski definition) is 2. The fourth-order valence-electron chi connectivity index (χ4n) is 4.68. The molecular weight excluding hydrogens is 506 g/mol. The second-order valence-corrected chi connectivity index (χ2v) is 12.5. The molecule has 4 rings (SSSR count). The minimum Gasteiger partial charge on any atom is -0.384 e. The van der Waals surface area contributed by atoms with Crippen LogP contribution in [0.3, 0.4) is 0 Å². The summed E-state index contributed by atoms with van der Waals surface area (Å²) >= 11 is 0. The lowest BCUT2D eigenvalue weighted by Gasteiger charge is -2.32. The van der Waals surface area contributed by atoms with Gasteiger partial charge >= 0.3 is 6.18 Å². The standard InChI is InChI=1S/C25H29F3N5O3P/c1-14-18(6-5-7-20(14)25(26,27)28)15(2)30-23-19-12-22(29-13-21(19)31-17(4)32-23)37(36)10-8-33(9-11-37)24(35)16(3)34/h5-7,12-13,15-16,34H,8-11H2,1-4H3,(H,30,31,32)/t15-,16-/m1/s1. The van der Waals surface area contributed by atoms with Gasteiger partial charge < -0.3 is 19.9 Å². The number of halogens is 3. The molecule has 12 heteroatoms. The van der Waals surface area contributed by atoms with Crippen molar-refractivity contribution in [2.45, 2.75) is 46.0 Å². The van der Waals surface area contributed by atoms with Gasteiger partial charge in [0.15, 0.2) is 0 Å². The van der Waals surface area contributed by atoms with Crippen LogP contribution in [0.2, 0.25) is 0 Å². The third kappa shape index (κ3) is 5.48. The van der Waals surface area contributed by atoms with Crippen LogP contribution >= 0.6 is 7.14 Å². The molecule has 198 valence electrons. The van der Waals surface area contributed by atoms with Crippen LogP contribution in [0.5, 0.6) is 0 Å². The molecule has 0 unspecified atom stereocenters. The van der Waals surface area contributed by atoms with Crippen LogP contribution < -0.4 is 10.8 Å². The highest BCUT2D eigenvalue weighted by Crippen LogP contribution is 2.46. The Hall–Kier alpha value is -3.04. The first-order valence-corrected chi connectivity index (χ1v) is 14.0. The van der Waals surface area contributed by atoms with Gasteiger partial charge in [-0.15, -0.1) is 0 Å². The number of amides is 1. The summed E-state index contributed by atoms with van der Waals surface area (Å²) in [5.41, 5.74) is 0.836. The van der Waals surface area contributed by atoms with Crippen LogP contribution in [0.4, 0.5) is 19.0 Å². The second kappa shape index (κ2) is 10.0. The Labute approximate surface area is 212 Å². The van der Waals surface area contributed by atoms with E-state index < -0.39 is 36.9 Å². The molecule has 0 aliphatic carbocycles. The molecule has 0 saturated carbocycles. The maximum absolute atomic E-state index is 13.8. The Morgan fingerprint density at radius 2 is 1.84 bits per heavy atom. The molecule has 1 aromatic carbocycles. The van der Waals surface area contributed by atoms with Crippen molar-refractivity contribution in [3.8, 4) is 0 Å². The molecule has 1 aliphatic heterocycles. The van der Waals surface area contributed by atoms with E-state index in [1.807, 2.05) is 0 Å². The number of carbonyl (C=O) groups is 1. The van der Waals surface area contributed by atoms with Crippen LogP contribution in [0, 0.1) is 13.8 Å². The highest BCUT2D eigenvalue weighted by Gasteiger charge is 2.35. The number of nitrogens with zero attached hydrogens (tertiary/aromatic N) is 4. The molecule has 1 fully saturated rings. The van der Waals surface area contributed by atoms with Crippen molar-refractivity contribution in [3.63, 3.8) is 0 Å². The van der Waals surface area contributed by atoms with Crippen LogP contribution in [0.25, 0.3) is 10.9 Å². The zero-order valence-electron chi connectivity index (χ0n) is 21.0. The average Bonchev–Trinajstić information content (AvgIpc) is 2.83. The van der Waals surface area contributed by atoms with Gasteiger partial charge in [0.1, 0.15) is 30.3 Å². The Morgan fingerprint density at radius 3 is 2.46 bits per heavy atom. The number of aliphatic hydroxyl groups is 1. The first-order chi connectivity index (χ1) is 17.3. The van der Waals surface area contributed by atoms with Crippen LogP contribution in [0.15, 0.2) is 30.5 Å². The maximum atomic E-state index is 13.8. The van der Waals surface area contributed by atoms with E-state index in [2.05, 4.69) is 20.3 Å². The lowest BCUT2D eigenvalue weighted by molar-refractivity contribution is -0.139. The number of fused-ring (bicyclic) bond motifs is 1. The van der Waals surface area contributed by atoms with Crippen molar-refractivity contribution in [1.82, 2.24) is 19.9 Å². The van der Waals surface area contributed by atoms with Gasteiger partial charge in [-0.25, -0.2) is 9.97 Å². The van der Waals surface area contributed by atoms with Gasteiger partial charge in [0.2, 0.25) is 0 Å². The Bertz CT molecular complexity index is 1380. The van der Waals surface area contributed by atoms with Crippen molar-refractivity contribution < 1.29 is 27.6 Å². The smallest absolute Gasteiger partial charge is 0.384 e. The summed E-state index contributed by atoms with van der Waals surface area (Å²) in [5.74, 6) is 0.464. The minimum atomic E-state index is -4.46. The average molecular weight is 536 g/mol. The first kappa shape index (κ1) is 27.0. The molecule has 0 radical (unpaired) electrons. The third-order valence-corrected chi connectivity index (χ3v) is 9.65. The Balaban J connectivity index is 1.66. The van der Waals surface area contributed by atoms with Gasteiger partial charge in [-0.3, -0.25) is 9.78 Å². The summed E-state index contributed by atoms with van der Waals surface area (Å²) in [7, 11) is -2.93. The number of aryl methyl sites for hydroxylation is 1. The molecule has 1 aliphatic rings. The van der Waals surface area contributed by atoms with Gasteiger partial charge in [0, 0.05) is 30.8 Å². The fourth-order valence-corrected chi connectivity index (χ4v) is 7.13. The third-order valence-electron chi connectivity index (χ3n) is 6.73. The molecule has 1 amide bonds. The second-order valence-electron chi connectivity index (χ2n) is 9.40. The van der Waals surface area contributed by atoms with E-state index in [-0.39, 0.29) is 31.0 Å². The van der Waals surface area contributed by atoms with Crippen molar-refractivity contribution in [2.24, 2.45) is 0 Å². The predicted molar refractivity (Wildman–Crippen MR) is 136 cm³/mol. The van der Waals surface area contributed by atoms with E-state index in [1.165, 1.54) is 31.0 Å². The Morgan fingerprint density at radius 1 is 1.16 bits per heavy atom. The maximum Gasteiger partial charge on any atom is 0.416 e. The van der Waals surface area contributed by atoms with E-state index in [0.29, 0.717) is 33.5 Å². The molecule has 2 N–H and O–H groups in total. The summed E-state index contributed by atoms with van der Waals surface area (Å²) in [6.07, 6.45) is -3.58. The topological polar surface area (TPSA) is 108 Å². The number of anilines is 1. The molecule has 0 spiro atoms. The van der Waals surface area contributed by atoms with E-state index in [1.54, 1.807) is 26.0 Å². The summed E-state index contributed by atoms with van der Waals surface area (Å²) in [6, 6.07) is 5.25. The molecule has 3 aromatic rings. The van der Waals surface area contributed by atoms with Crippen LogP contribution in [0.1, 0.15) is 42.4 Å². The lowest BCUT2D eigenvalue weighted by Crippen LogP contribution is -2.45. The molecular formula is C25H29F3N5O3P. The molecule has 1 saturated heterocycles. The lowest BCUT2D eigenvalue weighted by atomic mass is 9.97. The number of rotatable bonds is 5. The van der Waals surface area contributed by atoms with E-state index >= 15 is 0 Å². The quantitative estimate of drug-likeness (QED) is 0.475. The van der Waals surface area contributed by atoms with Crippen LogP contribution in [-0.4, -0.2) is 62.4 Å². The molecule has 3 heterocycles. The zero-order chi connectivity index (χ0) is 27.1. The number of nitrogens with one attached hydrogen (secondary N) is 1. The molecule has 0 bridgehead atoms. The Kier molecular flexibility index (Phi) is 7.32. The normalized spacial score (nSPS) is 17.5. The largest absolute Gasteiger partial charge is 0.416 e. The minimum absolute atomic E-state index is 0.135. The summed E-state index contributed by atoms with van der Waals surface area (Å²) in [6.45, 7) is 6.81. The van der Waals surface area contributed by atoms with Crippen molar-refractivity contribution in [3.05, 3.63) is 53.0 Å². The molecule has 8 nitrogen and oxygen atoms in total. The number of benzene rings is 1. The summed E-state index contributed by atoms with van der Waals surface area (Å²) < 4.78 is 54.1. The monoisotopic (exact) mass is 535 g/mol. The van der Waals surface area contributed by atoms with Gasteiger partial charge in [-0.05, 0) is 51.0 Å². The number of carbonyl (C=O) groups excluding carboxylic acids is 1. The van der Waals surface area contributed by atoms with Crippen molar-refractivity contribution >= 4 is 35.2 Å². The SMILES string of the molecule is Cc1nc(N[C@H](C)c2cccc(C(F)(F)F)c2C)c2cc(P3(=O)CCN(C(=O)[C@@H](C)O)CC3)ncc2n1. The van der Waals surface area contributed by atoms with Gasteiger partial charge in [-0.2, -0.15) is 13.2 Å². The number of pyridine rings is 1. The highest BCUT2D eigenvalue weighted by molar-refractivity contribution is 7.71. The van der Waals surface area contributed by atoms with E-state index in [0.717, 1.165) is 6.07 Å². The summed E-state index contributed by atoms with van der Waals surface area (Å²) in [4.78, 5) is 26.9. The van der Waals surface area contributed by atoms with Gasteiger partial charge in [0.05, 0.1) is 23.3 Å². The van der Waals surface area contributed by atoms with Crippen molar-refractivity contribution in [2.75, 3.05) is 30.7 Å². The fraction of sp³-hybridized carbons (Fsp3) is 0.440. The van der Waals surface area contributed by atoms with Crippen LogP contribution in [-0.2, 0) is 15.5 Å². The molecule has 37 heavy (non-hydrogen) atoms. The van der Waals surface area contributed by atoms with E-state index in [4.69, 9.17) is 0 Å². The zero-order valence-corrected chi connectivity index (χ0v) is 21.9. The van der Waals surface area contributed by atoms with Gasteiger partial charge in [0.25, 0.3) is 5.91 Å². The number of aromatic nitrogens is 3. The first-order valence-electron chi connectivity index (χ1n) is 11.9. The molecule has 2 atom stereocenters.